The fourth-order valence-corrected chi connectivity index (χ4v) is 3.40. The second kappa shape index (κ2) is 10.5. The third-order valence-electron chi connectivity index (χ3n) is 4.91. The van der Waals surface area contributed by atoms with E-state index in [1.807, 2.05) is 0 Å². The lowest BCUT2D eigenvalue weighted by molar-refractivity contribution is -0.384. The van der Waals surface area contributed by atoms with E-state index in [9.17, 15) is 29.6 Å². The number of nitro groups is 1. The van der Waals surface area contributed by atoms with Crippen molar-refractivity contribution in [3.8, 4) is 0 Å². The van der Waals surface area contributed by atoms with Crippen molar-refractivity contribution in [2.45, 2.75) is 50.6 Å². The third kappa shape index (κ3) is 6.24. The molecule has 1 aromatic carbocycles. The quantitative estimate of drug-likeness (QED) is 0.295. The lowest BCUT2D eigenvalue weighted by Gasteiger charge is -2.27. The molecular formula is C19H26N4O6. The molecule has 0 aliphatic carbocycles. The SMILES string of the molecule is NCCCC[C@H](NC(=O)Cc1ccc([N+](=O)[O-])cc1)C(=O)N1CCC[C@H]1C(=O)O. The molecule has 2 atom stereocenters. The Morgan fingerprint density at radius 3 is 2.55 bits per heavy atom. The molecule has 10 nitrogen and oxygen atoms in total. The van der Waals surface area contributed by atoms with Crippen molar-refractivity contribution >= 4 is 23.5 Å². The second-order valence-electron chi connectivity index (χ2n) is 7.03. The van der Waals surface area contributed by atoms with E-state index in [0.29, 0.717) is 50.8 Å². The number of nitrogens with two attached hydrogens (primary N) is 1. The number of carbonyl (C=O) groups is 3. The third-order valence-corrected chi connectivity index (χ3v) is 4.91. The smallest absolute Gasteiger partial charge is 0.326 e. The van der Waals surface area contributed by atoms with Crippen LogP contribution < -0.4 is 11.1 Å². The van der Waals surface area contributed by atoms with E-state index >= 15 is 0 Å². The predicted octanol–water partition coefficient (Wildman–Crippen LogP) is 0.827. The summed E-state index contributed by atoms with van der Waals surface area (Å²) in [6.45, 7) is 0.806. The number of rotatable bonds is 10. The highest BCUT2D eigenvalue weighted by Gasteiger charge is 2.37. The van der Waals surface area contributed by atoms with Gasteiger partial charge in [-0.15, -0.1) is 0 Å². The number of hydrogen-bond acceptors (Lipinski definition) is 6. The highest BCUT2D eigenvalue weighted by molar-refractivity contribution is 5.91. The zero-order chi connectivity index (χ0) is 21.4. The Balaban J connectivity index is 2.04. The molecule has 2 rings (SSSR count). The number of carbonyl (C=O) groups excluding carboxylic acids is 2. The van der Waals surface area contributed by atoms with Gasteiger partial charge >= 0.3 is 5.97 Å². The molecule has 4 N–H and O–H groups in total. The van der Waals surface area contributed by atoms with Crippen LogP contribution in [0.4, 0.5) is 5.69 Å². The predicted molar refractivity (Wildman–Crippen MR) is 104 cm³/mol. The number of unbranched alkanes of at least 4 members (excludes halogenated alkanes) is 1. The molecule has 1 saturated heterocycles. The van der Waals surface area contributed by atoms with Gasteiger partial charge in [0.1, 0.15) is 12.1 Å². The Kier molecular flexibility index (Phi) is 8.08. The first kappa shape index (κ1) is 22.3. The van der Waals surface area contributed by atoms with Crippen molar-refractivity contribution in [1.82, 2.24) is 10.2 Å². The van der Waals surface area contributed by atoms with Gasteiger partial charge in [0.2, 0.25) is 11.8 Å². The van der Waals surface area contributed by atoms with Gasteiger partial charge in [0.25, 0.3) is 5.69 Å². The van der Waals surface area contributed by atoms with Crippen LogP contribution in [0.1, 0.15) is 37.7 Å². The lowest BCUT2D eigenvalue weighted by atomic mass is 10.1. The van der Waals surface area contributed by atoms with Crippen LogP contribution in [0.5, 0.6) is 0 Å². The van der Waals surface area contributed by atoms with Crippen molar-refractivity contribution in [2.75, 3.05) is 13.1 Å². The number of likely N-dealkylation sites (tertiary alicyclic amines) is 1. The molecular weight excluding hydrogens is 380 g/mol. The molecule has 29 heavy (non-hydrogen) atoms. The van der Waals surface area contributed by atoms with Gasteiger partial charge in [-0.05, 0) is 44.2 Å². The fraction of sp³-hybridized carbons (Fsp3) is 0.526. The van der Waals surface area contributed by atoms with Gasteiger partial charge in [0.15, 0.2) is 0 Å². The molecule has 1 aromatic rings. The number of hydrogen-bond donors (Lipinski definition) is 3. The zero-order valence-corrected chi connectivity index (χ0v) is 16.1. The standard InChI is InChI=1S/C19H26N4O6/c20-10-2-1-4-15(18(25)22-11-3-5-16(22)19(26)27)21-17(24)12-13-6-8-14(9-7-13)23(28)29/h6-9,15-16H,1-5,10-12,20H2,(H,21,24)(H,26,27)/t15-,16-/m0/s1. The minimum atomic E-state index is -1.05. The van der Waals surface area contributed by atoms with Crippen molar-refractivity contribution in [3.05, 3.63) is 39.9 Å². The number of carboxylic acids is 1. The molecule has 158 valence electrons. The summed E-state index contributed by atoms with van der Waals surface area (Å²) in [5.74, 6) is -1.85. The molecule has 1 aliphatic heterocycles. The largest absolute Gasteiger partial charge is 0.480 e. The molecule has 2 amide bonds. The molecule has 0 unspecified atom stereocenters. The number of nitro benzene ring substituents is 1. The first-order chi connectivity index (χ1) is 13.8. The van der Waals surface area contributed by atoms with Crippen LogP contribution in [0, 0.1) is 10.1 Å². The van der Waals surface area contributed by atoms with Crippen LogP contribution in [-0.2, 0) is 20.8 Å². The highest BCUT2D eigenvalue weighted by Crippen LogP contribution is 2.20. The second-order valence-corrected chi connectivity index (χ2v) is 7.03. The molecule has 0 bridgehead atoms. The summed E-state index contributed by atoms with van der Waals surface area (Å²) in [5, 5.41) is 22.7. The van der Waals surface area contributed by atoms with E-state index in [-0.39, 0.29) is 12.1 Å². The number of non-ortho nitro benzene ring substituents is 1. The lowest BCUT2D eigenvalue weighted by Crippen LogP contribution is -2.52. The Bertz CT molecular complexity index is 752. The van der Waals surface area contributed by atoms with Crippen molar-refractivity contribution in [1.29, 1.82) is 0 Å². The molecule has 0 saturated carbocycles. The average molecular weight is 406 g/mol. The maximum absolute atomic E-state index is 12.9. The maximum Gasteiger partial charge on any atom is 0.326 e. The average Bonchev–Trinajstić information content (AvgIpc) is 3.17. The normalized spacial score (nSPS) is 17.0. The summed E-state index contributed by atoms with van der Waals surface area (Å²) in [6, 6.07) is 3.91. The van der Waals surface area contributed by atoms with Gasteiger partial charge < -0.3 is 21.1 Å². The van der Waals surface area contributed by atoms with Crippen LogP contribution in [0.15, 0.2) is 24.3 Å². The monoisotopic (exact) mass is 406 g/mol. The first-order valence-corrected chi connectivity index (χ1v) is 9.59. The minimum Gasteiger partial charge on any atom is -0.480 e. The first-order valence-electron chi connectivity index (χ1n) is 9.59. The fourth-order valence-electron chi connectivity index (χ4n) is 3.40. The van der Waals surface area contributed by atoms with Gasteiger partial charge in [-0.25, -0.2) is 4.79 Å². The number of aliphatic carboxylic acids is 1. The maximum atomic E-state index is 12.9. The Labute approximate surface area is 168 Å². The minimum absolute atomic E-state index is 0.0407. The van der Waals surface area contributed by atoms with E-state index in [2.05, 4.69) is 5.32 Å². The molecule has 1 fully saturated rings. The van der Waals surface area contributed by atoms with Crippen LogP contribution >= 0.6 is 0 Å². The molecule has 10 heteroatoms. The molecule has 0 radical (unpaired) electrons. The van der Waals surface area contributed by atoms with Crippen LogP contribution in [-0.4, -0.2) is 57.9 Å². The Hall–Kier alpha value is -3.01. The van der Waals surface area contributed by atoms with Gasteiger partial charge in [-0.2, -0.15) is 0 Å². The number of nitrogens with zero attached hydrogens (tertiary/aromatic N) is 2. The van der Waals surface area contributed by atoms with Gasteiger partial charge in [0.05, 0.1) is 11.3 Å². The molecule has 0 spiro atoms. The Morgan fingerprint density at radius 1 is 1.28 bits per heavy atom. The number of nitrogens with one attached hydrogen (secondary N) is 1. The number of amides is 2. The van der Waals surface area contributed by atoms with E-state index in [4.69, 9.17) is 5.73 Å². The van der Waals surface area contributed by atoms with Crippen molar-refractivity contribution in [3.63, 3.8) is 0 Å². The summed E-state index contributed by atoms with van der Waals surface area (Å²) in [4.78, 5) is 48.3. The van der Waals surface area contributed by atoms with Crippen molar-refractivity contribution in [2.24, 2.45) is 5.73 Å². The number of carboxylic acid groups (broad SMARTS) is 1. The molecule has 1 aliphatic rings. The molecule has 0 aromatic heterocycles. The van der Waals surface area contributed by atoms with Gasteiger partial charge in [0, 0.05) is 18.7 Å². The van der Waals surface area contributed by atoms with Crippen LogP contribution in [0.3, 0.4) is 0 Å². The number of benzene rings is 1. The summed E-state index contributed by atoms with van der Waals surface area (Å²) in [6.07, 6.45) is 2.63. The van der Waals surface area contributed by atoms with E-state index < -0.39 is 34.8 Å². The van der Waals surface area contributed by atoms with Crippen molar-refractivity contribution < 1.29 is 24.4 Å². The topological polar surface area (TPSA) is 156 Å². The van der Waals surface area contributed by atoms with Crippen LogP contribution in [0.25, 0.3) is 0 Å². The highest BCUT2D eigenvalue weighted by atomic mass is 16.6. The Morgan fingerprint density at radius 2 is 1.97 bits per heavy atom. The van der Waals surface area contributed by atoms with Gasteiger partial charge in [-0.3, -0.25) is 19.7 Å². The zero-order valence-electron chi connectivity index (χ0n) is 16.1. The van der Waals surface area contributed by atoms with E-state index in [1.165, 1.54) is 29.2 Å². The molecule has 1 heterocycles. The van der Waals surface area contributed by atoms with E-state index in [1.54, 1.807) is 0 Å². The summed E-state index contributed by atoms with van der Waals surface area (Å²) >= 11 is 0. The summed E-state index contributed by atoms with van der Waals surface area (Å²) in [7, 11) is 0. The van der Waals surface area contributed by atoms with Gasteiger partial charge in [-0.1, -0.05) is 12.1 Å². The van der Waals surface area contributed by atoms with Crippen LogP contribution in [0.2, 0.25) is 0 Å². The van der Waals surface area contributed by atoms with E-state index in [0.717, 1.165) is 0 Å². The summed E-state index contributed by atoms with van der Waals surface area (Å²) in [5.41, 5.74) is 6.01. The summed E-state index contributed by atoms with van der Waals surface area (Å²) < 4.78 is 0.